The first-order valence-corrected chi connectivity index (χ1v) is 8.94. The van der Waals surface area contributed by atoms with E-state index >= 15 is 0 Å². The Kier molecular flexibility index (Phi) is 8.90. The van der Waals surface area contributed by atoms with Crippen molar-refractivity contribution < 1.29 is 9.59 Å². The van der Waals surface area contributed by atoms with E-state index in [1.54, 1.807) is 0 Å². The van der Waals surface area contributed by atoms with Crippen LogP contribution in [0.15, 0.2) is 24.3 Å². The van der Waals surface area contributed by atoms with E-state index in [4.69, 9.17) is 0 Å². The molecule has 134 valence electrons. The number of hydrogen-bond acceptors (Lipinski definition) is 3. The Hall–Kier alpha value is -2.04. The fourth-order valence-electron chi connectivity index (χ4n) is 2.41. The molecule has 1 unspecified atom stereocenters. The second kappa shape index (κ2) is 10.7. The molecular formula is C19H31N3O2. The molecule has 1 rings (SSSR count). The van der Waals surface area contributed by atoms with E-state index in [-0.39, 0.29) is 24.4 Å². The van der Waals surface area contributed by atoms with Crippen molar-refractivity contribution in [3.05, 3.63) is 29.8 Å². The number of carbonyl (C=O) groups is 2. The van der Waals surface area contributed by atoms with Gasteiger partial charge >= 0.3 is 0 Å². The van der Waals surface area contributed by atoms with Crippen LogP contribution in [0.1, 0.15) is 57.3 Å². The molecule has 1 aromatic carbocycles. The minimum atomic E-state index is -0.0420. The predicted molar refractivity (Wildman–Crippen MR) is 99.3 cm³/mol. The topological polar surface area (TPSA) is 61.4 Å². The van der Waals surface area contributed by atoms with Crippen molar-refractivity contribution in [2.45, 2.75) is 53.0 Å². The maximum absolute atomic E-state index is 12.6. The van der Waals surface area contributed by atoms with Crippen molar-refractivity contribution in [3.8, 4) is 0 Å². The Morgan fingerprint density at radius 2 is 1.79 bits per heavy atom. The zero-order chi connectivity index (χ0) is 17.9. The molecule has 1 atom stereocenters. The van der Waals surface area contributed by atoms with Crippen LogP contribution < -0.4 is 10.6 Å². The fourth-order valence-corrected chi connectivity index (χ4v) is 2.41. The van der Waals surface area contributed by atoms with Crippen LogP contribution in [-0.4, -0.2) is 42.4 Å². The quantitative estimate of drug-likeness (QED) is 0.691. The molecule has 0 fully saturated rings. The van der Waals surface area contributed by atoms with Gasteiger partial charge in [-0.1, -0.05) is 26.8 Å². The summed E-state index contributed by atoms with van der Waals surface area (Å²) in [5, 5.41) is 6.00. The SMILES string of the molecule is CCCN(CCC)C(=O)c1cccc(NCC(=O)NC(C)CC)c1. The summed E-state index contributed by atoms with van der Waals surface area (Å²) in [5.41, 5.74) is 1.44. The number of anilines is 1. The van der Waals surface area contributed by atoms with Gasteiger partial charge in [0.15, 0.2) is 0 Å². The summed E-state index contributed by atoms with van der Waals surface area (Å²) in [5.74, 6) is 0.00563. The van der Waals surface area contributed by atoms with Gasteiger partial charge in [-0.05, 0) is 44.4 Å². The third kappa shape index (κ3) is 6.60. The van der Waals surface area contributed by atoms with Gasteiger partial charge in [-0.2, -0.15) is 0 Å². The number of nitrogens with one attached hydrogen (secondary N) is 2. The zero-order valence-corrected chi connectivity index (χ0v) is 15.4. The van der Waals surface area contributed by atoms with Crippen LogP contribution in [0.4, 0.5) is 5.69 Å². The highest BCUT2D eigenvalue weighted by atomic mass is 16.2. The van der Waals surface area contributed by atoms with Gasteiger partial charge in [-0.25, -0.2) is 0 Å². The molecule has 0 saturated carbocycles. The van der Waals surface area contributed by atoms with Gasteiger partial charge in [0, 0.05) is 30.4 Å². The number of carbonyl (C=O) groups excluding carboxylic acids is 2. The summed E-state index contributed by atoms with van der Waals surface area (Å²) in [6.45, 7) is 9.89. The van der Waals surface area contributed by atoms with Crippen LogP contribution in [-0.2, 0) is 4.79 Å². The number of nitrogens with zero attached hydrogens (tertiary/aromatic N) is 1. The molecule has 0 bridgehead atoms. The van der Waals surface area contributed by atoms with Gasteiger partial charge < -0.3 is 15.5 Å². The van der Waals surface area contributed by atoms with E-state index in [9.17, 15) is 9.59 Å². The van der Waals surface area contributed by atoms with E-state index in [1.165, 1.54) is 0 Å². The van der Waals surface area contributed by atoms with Gasteiger partial charge in [-0.15, -0.1) is 0 Å². The van der Waals surface area contributed by atoms with Gasteiger partial charge in [0.1, 0.15) is 0 Å². The molecular weight excluding hydrogens is 302 g/mol. The van der Waals surface area contributed by atoms with E-state index < -0.39 is 0 Å². The molecule has 0 saturated heterocycles. The molecule has 0 aliphatic carbocycles. The first-order chi connectivity index (χ1) is 11.5. The van der Waals surface area contributed by atoms with Crippen molar-refractivity contribution in [3.63, 3.8) is 0 Å². The van der Waals surface area contributed by atoms with Crippen LogP contribution >= 0.6 is 0 Å². The Balaban J connectivity index is 2.68. The molecule has 0 aromatic heterocycles. The normalized spacial score (nSPS) is 11.7. The van der Waals surface area contributed by atoms with Crippen molar-refractivity contribution in [1.82, 2.24) is 10.2 Å². The van der Waals surface area contributed by atoms with Gasteiger partial charge in [0.25, 0.3) is 5.91 Å². The first kappa shape index (κ1) is 20.0. The monoisotopic (exact) mass is 333 g/mol. The van der Waals surface area contributed by atoms with Crippen LogP contribution in [0.5, 0.6) is 0 Å². The lowest BCUT2D eigenvalue weighted by Gasteiger charge is -2.21. The molecule has 0 heterocycles. The van der Waals surface area contributed by atoms with Gasteiger partial charge in [-0.3, -0.25) is 9.59 Å². The maximum Gasteiger partial charge on any atom is 0.253 e. The zero-order valence-electron chi connectivity index (χ0n) is 15.4. The van der Waals surface area contributed by atoms with Crippen molar-refractivity contribution in [1.29, 1.82) is 0 Å². The summed E-state index contributed by atoms with van der Waals surface area (Å²) in [6, 6.07) is 7.53. The van der Waals surface area contributed by atoms with Crippen LogP contribution in [0.2, 0.25) is 0 Å². The third-order valence-electron chi connectivity index (χ3n) is 3.86. The molecule has 0 radical (unpaired) electrons. The molecule has 5 heteroatoms. The van der Waals surface area contributed by atoms with Crippen LogP contribution in [0.25, 0.3) is 0 Å². The Labute approximate surface area is 145 Å². The Bertz CT molecular complexity index is 525. The standard InChI is InChI=1S/C19H31N3O2/c1-5-11-22(12-6-2)19(24)16-9-8-10-17(13-16)20-14-18(23)21-15(4)7-3/h8-10,13,15,20H,5-7,11-12,14H2,1-4H3,(H,21,23). The van der Waals surface area contributed by atoms with Crippen molar-refractivity contribution in [2.24, 2.45) is 0 Å². The molecule has 2 N–H and O–H groups in total. The summed E-state index contributed by atoms with van der Waals surface area (Å²) < 4.78 is 0. The molecule has 0 aliphatic rings. The van der Waals surface area contributed by atoms with Crippen molar-refractivity contribution >= 4 is 17.5 Å². The van der Waals surface area contributed by atoms with E-state index in [1.807, 2.05) is 43.0 Å². The van der Waals surface area contributed by atoms with Gasteiger partial charge in [0.2, 0.25) is 5.91 Å². The Morgan fingerprint density at radius 3 is 2.38 bits per heavy atom. The average molecular weight is 333 g/mol. The van der Waals surface area contributed by atoms with E-state index in [0.717, 1.165) is 38.0 Å². The Morgan fingerprint density at radius 1 is 1.12 bits per heavy atom. The molecule has 2 amide bonds. The molecule has 24 heavy (non-hydrogen) atoms. The highest BCUT2D eigenvalue weighted by Crippen LogP contribution is 2.13. The highest BCUT2D eigenvalue weighted by Gasteiger charge is 2.14. The smallest absolute Gasteiger partial charge is 0.253 e. The molecule has 0 spiro atoms. The number of benzene rings is 1. The third-order valence-corrected chi connectivity index (χ3v) is 3.86. The number of amides is 2. The second-order valence-corrected chi connectivity index (χ2v) is 6.10. The lowest BCUT2D eigenvalue weighted by atomic mass is 10.1. The highest BCUT2D eigenvalue weighted by molar-refractivity contribution is 5.95. The van der Waals surface area contributed by atoms with E-state index in [0.29, 0.717) is 5.56 Å². The second-order valence-electron chi connectivity index (χ2n) is 6.10. The predicted octanol–water partition coefficient (Wildman–Crippen LogP) is 3.28. The summed E-state index contributed by atoms with van der Waals surface area (Å²) in [6.07, 6.45) is 2.79. The summed E-state index contributed by atoms with van der Waals surface area (Å²) in [4.78, 5) is 26.3. The molecule has 0 aliphatic heterocycles. The minimum absolute atomic E-state index is 0.0420. The lowest BCUT2D eigenvalue weighted by Crippen LogP contribution is -2.36. The molecule has 1 aromatic rings. The van der Waals surface area contributed by atoms with Gasteiger partial charge in [0.05, 0.1) is 6.54 Å². The lowest BCUT2D eigenvalue weighted by molar-refractivity contribution is -0.120. The maximum atomic E-state index is 12.6. The minimum Gasteiger partial charge on any atom is -0.376 e. The fraction of sp³-hybridized carbons (Fsp3) is 0.579. The van der Waals surface area contributed by atoms with Crippen LogP contribution in [0.3, 0.4) is 0 Å². The average Bonchev–Trinajstić information content (AvgIpc) is 2.59. The summed E-state index contributed by atoms with van der Waals surface area (Å²) in [7, 11) is 0. The summed E-state index contributed by atoms with van der Waals surface area (Å²) >= 11 is 0. The number of rotatable bonds is 10. The van der Waals surface area contributed by atoms with E-state index in [2.05, 4.69) is 24.5 Å². The first-order valence-electron chi connectivity index (χ1n) is 8.94. The number of hydrogen-bond donors (Lipinski definition) is 2. The van der Waals surface area contributed by atoms with Crippen LogP contribution in [0, 0.1) is 0 Å². The largest absolute Gasteiger partial charge is 0.376 e. The van der Waals surface area contributed by atoms with Crippen molar-refractivity contribution in [2.75, 3.05) is 25.0 Å². The molecule has 5 nitrogen and oxygen atoms in total.